The van der Waals surface area contributed by atoms with Crippen molar-refractivity contribution >= 4 is 21.8 Å². The summed E-state index contributed by atoms with van der Waals surface area (Å²) in [5, 5.41) is 1.49. The number of aromatic nitrogens is 1. The van der Waals surface area contributed by atoms with Gasteiger partial charge >= 0.3 is 0 Å². The van der Waals surface area contributed by atoms with Crippen LogP contribution in [0.3, 0.4) is 0 Å². The third-order valence-electron chi connectivity index (χ3n) is 4.58. The second-order valence-electron chi connectivity index (χ2n) is 6.05. The van der Waals surface area contributed by atoms with Gasteiger partial charge in [-0.15, -0.1) is 0 Å². The minimum absolute atomic E-state index is 0.487. The molecule has 2 heteroatoms. The van der Waals surface area contributed by atoms with E-state index in [0.29, 0.717) is 10.9 Å². The van der Waals surface area contributed by atoms with E-state index in [9.17, 15) is 0 Å². The van der Waals surface area contributed by atoms with Crippen molar-refractivity contribution in [2.75, 3.05) is 11.5 Å². The lowest BCUT2D eigenvalue weighted by Crippen LogP contribution is -2.03. The van der Waals surface area contributed by atoms with E-state index in [4.69, 9.17) is 0 Å². The van der Waals surface area contributed by atoms with E-state index in [0.717, 1.165) is 13.0 Å². The Hall–Kier alpha value is -1.67. The van der Waals surface area contributed by atoms with Crippen LogP contribution in [0.1, 0.15) is 32.3 Å². The van der Waals surface area contributed by atoms with Gasteiger partial charge in [-0.05, 0) is 37.0 Å². The smallest absolute Gasteiger partial charge is 0.180 e. The molecule has 126 valence electrons. The summed E-state index contributed by atoms with van der Waals surface area (Å²) in [7, 11) is 0.487. The van der Waals surface area contributed by atoms with E-state index >= 15 is 0 Å². The standard InChI is InChI=1S/C20H22NS.C2H6/c1-2-8-17(9-3-1)12-13-21-16-20(22-14-6-7-15-22)18-10-4-5-11-19(18)21;1-2/h1-5,8-11,16H,6-7,12-15H2;1-2H3/q+1;. The van der Waals surface area contributed by atoms with Crippen LogP contribution in [0.15, 0.2) is 65.7 Å². The molecule has 2 aromatic carbocycles. The average Bonchev–Trinajstić information content (AvgIpc) is 3.30. The fraction of sp³-hybridized carbons (Fsp3) is 0.364. The maximum atomic E-state index is 2.48. The molecule has 1 aromatic heterocycles. The van der Waals surface area contributed by atoms with Crippen molar-refractivity contribution in [3.8, 4) is 0 Å². The molecule has 1 fully saturated rings. The summed E-state index contributed by atoms with van der Waals surface area (Å²) in [6.07, 6.45) is 6.37. The van der Waals surface area contributed by atoms with E-state index in [1.807, 2.05) is 13.8 Å². The Balaban J connectivity index is 0.000000815. The van der Waals surface area contributed by atoms with Crippen molar-refractivity contribution in [2.45, 2.75) is 44.6 Å². The molecule has 0 bridgehead atoms. The van der Waals surface area contributed by atoms with E-state index < -0.39 is 0 Å². The normalized spacial score (nSPS) is 14.6. The zero-order chi connectivity index (χ0) is 16.8. The summed E-state index contributed by atoms with van der Waals surface area (Å²) in [5.74, 6) is 2.79. The van der Waals surface area contributed by atoms with Gasteiger partial charge in [0.05, 0.1) is 17.1 Å². The molecular weight excluding hydrogens is 310 g/mol. The lowest BCUT2D eigenvalue weighted by Gasteiger charge is -2.04. The molecular formula is C22H28NS+. The fourth-order valence-electron chi connectivity index (χ4n) is 3.40. The van der Waals surface area contributed by atoms with Crippen LogP contribution in [-0.2, 0) is 23.9 Å². The Labute approximate surface area is 149 Å². The summed E-state index contributed by atoms with van der Waals surface area (Å²) in [6.45, 7) is 5.07. The number of hydrogen-bond acceptors (Lipinski definition) is 0. The Morgan fingerprint density at radius 1 is 0.875 bits per heavy atom. The average molecular weight is 339 g/mol. The van der Waals surface area contributed by atoms with Crippen molar-refractivity contribution in [3.63, 3.8) is 0 Å². The molecule has 0 atom stereocenters. The van der Waals surface area contributed by atoms with Crippen molar-refractivity contribution in [2.24, 2.45) is 0 Å². The largest absolute Gasteiger partial charge is 0.342 e. The molecule has 0 aliphatic carbocycles. The Morgan fingerprint density at radius 3 is 2.29 bits per heavy atom. The van der Waals surface area contributed by atoms with Gasteiger partial charge in [0.25, 0.3) is 0 Å². The van der Waals surface area contributed by atoms with Gasteiger partial charge < -0.3 is 4.57 Å². The molecule has 0 amide bonds. The number of hydrogen-bond donors (Lipinski definition) is 0. The fourth-order valence-corrected chi connectivity index (χ4v) is 5.91. The predicted octanol–water partition coefficient (Wildman–Crippen LogP) is 5.68. The zero-order valence-electron chi connectivity index (χ0n) is 14.9. The van der Waals surface area contributed by atoms with Crippen LogP contribution >= 0.6 is 0 Å². The molecule has 24 heavy (non-hydrogen) atoms. The Kier molecular flexibility index (Phi) is 6.03. The van der Waals surface area contributed by atoms with Crippen molar-refractivity contribution in [3.05, 3.63) is 66.4 Å². The maximum Gasteiger partial charge on any atom is 0.180 e. The second-order valence-corrected chi connectivity index (χ2v) is 8.29. The quantitative estimate of drug-likeness (QED) is 0.539. The van der Waals surface area contributed by atoms with E-state index in [1.165, 1.54) is 40.8 Å². The molecule has 1 aliphatic rings. The minimum Gasteiger partial charge on any atom is -0.342 e. The van der Waals surface area contributed by atoms with Gasteiger partial charge in [-0.2, -0.15) is 0 Å². The van der Waals surface area contributed by atoms with Crippen LogP contribution in [0.2, 0.25) is 0 Å². The molecule has 1 saturated heterocycles. The number of rotatable bonds is 4. The zero-order valence-corrected chi connectivity index (χ0v) is 15.7. The summed E-state index contributed by atoms with van der Waals surface area (Å²) in [6, 6.07) is 19.8. The third-order valence-corrected chi connectivity index (χ3v) is 7.09. The van der Waals surface area contributed by atoms with Crippen LogP contribution in [0.4, 0.5) is 0 Å². The summed E-state index contributed by atoms with van der Waals surface area (Å²) >= 11 is 0. The van der Waals surface area contributed by atoms with Crippen LogP contribution in [0.5, 0.6) is 0 Å². The lowest BCUT2D eigenvalue weighted by atomic mass is 10.1. The van der Waals surface area contributed by atoms with E-state index in [1.54, 1.807) is 4.90 Å². The summed E-state index contributed by atoms with van der Waals surface area (Å²) < 4.78 is 2.48. The molecule has 1 aliphatic heterocycles. The molecule has 0 N–H and O–H groups in total. The molecule has 0 saturated carbocycles. The second kappa shape index (κ2) is 8.43. The number of fused-ring (bicyclic) bond motifs is 1. The number of aryl methyl sites for hydroxylation is 2. The first-order valence-corrected chi connectivity index (χ1v) is 10.8. The minimum atomic E-state index is 0.487. The Bertz CT molecular complexity index is 754. The molecule has 0 spiro atoms. The van der Waals surface area contributed by atoms with Crippen LogP contribution in [0, 0.1) is 0 Å². The first kappa shape index (κ1) is 17.2. The van der Waals surface area contributed by atoms with Crippen LogP contribution in [0.25, 0.3) is 10.9 Å². The predicted molar refractivity (Wildman–Crippen MR) is 108 cm³/mol. The van der Waals surface area contributed by atoms with Gasteiger partial charge in [0.15, 0.2) is 4.90 Å². The first-order valence-electron chi connectivity index (χ1n) is 9.21. The molecule has 3 aromatic rings. The SMILES string of the molecule is CC.c1ccc(CCn2cc([S+]3CCCC3)c3ccccc32)cc1. The summed E-state index contributed by atoms with van der Waals surface area (Å²) in [4.78, 5) is 1.61. The number of nitrogens with zero attached hydrogens (tertiary/aromatic N) is 1. The van der Waals surface area contributed by atoms with Gasteiger partial charge in [-0.3, -0.25) is 0 Å². The third kappa shape index (κ3) is 3.70. The van der Waals surface area contributed by atoms with Gasteiger partial charge in [0.2, 0.25) is 0 Å². The molecule has 0 unspecified atom stereocenters. The van der Waals surface area contributed by atoms with Crippen LogP contribution in [-0.4, -0.2) is 16.1 Å². The number of benzene rings is 2. The number of para-hydroxylation sites is 1. The summed E-state index contributed by atoms with van der Waals surface area (Å²) in [5.41, 5.74) is 2.83. The topological polar surface area (TPSA) is 4.93 Å². The van der Waals surface area contributed by atoms with Crippen LogP contribution < -0.4 is 0 Å². The molecule has 0 radical (unpaired) electrons. The van der Waals surface area contributed by atoms with Crippen molar-refractivity contribution in [1.82, 2.24) is 4.57 Å². The Morgan fingerprint density at radius 2 is 1.54 bits per heavy atom. The molecule has 2 heterocycles. The van der Waals surface area contributed by atoms with Crippen molar-refractivity contribution < 1.29 is 0 Å². The highest BCUT2D eigenvalue weighted by Gasteiger charge is 2.30. The molecule has 1 nitrogen and oxygen atoms in total. The monoisotopic (exact) mass is 338 g/mol. The molecule has 4 rings (SSSR count). The lowest BCUT2D eigenvalue weighted by molar-refractivity contribution is 0.719. The maximum absolute atomic E-state index is 2.48. The van der Waals surface area contributed by atoms with Gasteiger partial charge in [0, 0.05) is 17.4 Å². The highest BCUT2D eigenvalue weighted by atomic mass is 32.2. The van der Waals surface area contributed by atoms with Gasteiger partial charge in [-0.1, -0.05) is 56.3 Å². The first-order chi connectivity index (χ1) is 11.9. The van der Waals surface area contributed by atoms with Crippen molar-refractivity contribution in [1.29, 1.82) is 0 Å². The van der Waals surface area contributed by atoms with E-state index in [-0.39, 0.29) is 0 Å². The highest BCUT2D eigenvalue weighted by Crippen LogP contribution is 2.31. The highest BCUT2D eigenvalue weighted by molar-refractivity contribution is 7.97. The van der Waals surface area contributed by atoms with Gasteiger partial charge in [-0.25, -0.2) is 0 Å². The van der Waals surface area contributed by atoms with E-state index in [2.05, 4.69) is 65.4 Å². The van der Waals surface area contributed by atoms with Gasteiger partial charge in [0.1, 0.15) is 11.5 Å².